The molecule has 2 heterocycles. The highest BCUT2D eigenvalue weighted by molar-refractivity contribution is 7.86. The van der Waals surface area contributed by atoms with E-state index < -0.39 is 20.9 Å². The van der Waals surface area contributed by atoms with E-state index in [4.69, 9.17) is 0 Å². The van der Waals surface area contributed by atoms with Gasteiger partial charge in [0.05, 0.1) is 17.3 Å². The highest BCUT2D eigenvalue weighted by Crippen LogP contribution is 2.18. The monoisotopic (exact) mass is 482 g/mol. The highest BCUT2D eigenvalue weighted by atomic mass is 32.2. The van der Waals surface area contributed by atoms with Crippen LogP contribution in [0.2, 0.25) is 0 Å². The van der Waals surface area contributed by atoms with Gasteiger partial charge < -0.3 is 5.32 Å². The van der Waals surface area contributed by atoms with Gasteiger partial charge in [0.2, 0.25) is 5.82 Å². The Balaban J connectivity index is 1.56. The summed E-state index contributed by atoms with van der Waals surface area (Å²) in [6.07, 6.45) is 1.75. The number of hydrogen-bond donors (Lipinski definition) is 3. The van der Waals surface area contributed by atoms with E-state index in [1.165, 1.54) is 22.6 Å². The van der Waals surface area contributed by atoms with Gasteiger partial charge in [0, 0.05) is 12.6 Å². The predicted molar refractivity (Wildman–Crippen MR) is 124 cm³/mol. The van der Waals surface area contributed by atoms with Gasteiger partial charge in [-0.25, -0.2) is 9.78 Å². The number of nitrogens with one attached hydrogen (secondary N) is 2. The van der Waals surface area contributed by atoms with Gasteiger partial charge in [-0.2, -0.15) is 13.5 Å². The number of aromatic amines is 1. The van der Waals surface area contributed by atoms with Gasteiger partial charge in [0.25, 0.3) is 16.0 Å². The molecule has 3 N–H and O–H groups in total. The van der Waals surface area contributed by atoms with Crippen molar-refractivity contribution < 1.29 is 22.4 Å². The van der Waals surface area contributed by atoms with Crippen LogP contribution >= 0.6 is 0 Å². The molecule has 0 aliphatic heterocycles. The molecule has 176 valence electrons. The Hall–Kier alpha value is -3.83. The molecule has 2 aromatic carbocycles. The number of anilines is 1. The van der Waals surface area contributed by atoms with Crippen LogP contribution in [0.1, 0.15) is 40.8 Å². The van der Waals surface area contributed by atoms with E-state index in [1.54, 1.807) is 35.9 Å². The van der Waals surface area contributed by atoms with E-state index in [-0.39, 0.29) is 11.3 Å². The Kier molecular flexibility index (Phi) is 6.31. The number of aromatic nitrogens is 4. The summed E-state index contributed by atoms with van der Waals surface area (Å²) in [5.41, 5.74) is 2.51. The summed E-state index contributed by atoms with van der Waals surface area (Å²) in [5.74, 6) is -0.0475. The maximum atomic E-state index is 12.6. The number of nitrogens with zero attached hydrogens (tertiary/aromatic N) is 3. The zero-order chi connectivity index (χ0) is 24.5. The third-order valence-corrected chi connectivity index (χ3v) is 6.24. The summed E-state index contributed by atoms with van der Waals surface area (Å²) in [6, 6.07) is 14.3. The van der Waals surface area contributed by atoms with E-state index in [1.807, 2.05) is 6.07 Å². The van der Waals surface area contributed by atoms with Crippen LogP contribution in [0.15, 0.2) is 64.3 Å². The van der Waals surface area contributed by atoms with Crippen molar-refractivity contribution >= 4 is 27.4 Å². The molecule has 1 amide bonds. The van der Waals surface area contributed by atoms with Crippen LogP contribution in [0.5, 0.6) is 0 Å². The predicted octanol–water partition coefficient (Wildman–Crippen LogP) is 2.12. The molecular formula is C23H24N5O5S+. The van der Waals surface area contributed by atoms with Crippen LogP contribution in [-0.2, 0) is 23.1 Å². The first-order valence-electron chi connectivity index (χ1n) is 10.7. The van der Waals surface area contributed by atoms with Crippen LogP contribution in [-0.4, -0.2) is 33.4 Å². The second kappa shape index (κ2) is 9.20. The number of fused-ring (bicyclic) bond motifs is 1. The standard InChI is InChI=1S/C23H23N5O5S/c1-3-6-18-13-21-27(26-23(30)28(21)15(2)24-18)14-16-9-11-17(12-10-16)25-22(29)19-7-4-5-8-20(19)34(31,32)33/h4-5,7-13H,3,6,14H2,1-2H3,(H2-,25,26,29,30,31,32,33)/p+1. The van der Waals surface area contributed by atoms with E-state index in [0.717, 1.165) is 30.2 Å². The minimum absolute atomic E-state index is 0.158. The van der Waals surface area contributed by atoms with E-state index >= 15 is 0 Å². The lowest BCUT2D eigenvalue weighted by molar-refractivity contribution is -0.720. The number of aryl methyl sites for hydroxylation is 2. The lowest BCUT2D eigenvalue weighted by Gasteiger charge is -2.09. The number of rotatable bonds is 7. The summed E-state index contributed by atoms with van der Waals surface area (Å²) in [7, 11) is -4.54. The number of benzene rings is 2. The minimum Gasteiger partial charge on any atom is -0.322 e. The molecule has 0 unspecified atom stereocenters. The molecule has 0 atom stereocenters. The molecule has 10 nitrogen and oxygen atoms in total. The van der Waals surface area contributed by atoms with Crippen LogP contribution < -0.4 is 15.7 Å². The molecule has 2 aromatic heterocycles. The second-order valence-electron chi connectivity index (χ2n) is 7.86. The summed E-state index contributed by atoms with van der Waals surface area (Å²) in [4.78, 5) is 29.0. The van der Waals surface area contributed by atoms with Crippen molar-refractivity contribution in [3.8, 4) is 0 Å². The molecule has 4 rings (SSSR count). The van der Waals surface area contributed by atoms with Gasteiger partial charge in [0.1, 0.15) is 11.4 Å². The van der Waals surface area contributed by atoms with Gasteiger partial charge in [-0.1, -0.05) is 37.6 Å². The largest absolute Gasteiger partial charge is 0.450 e. The van der Waals surface area contributed by atoms with Gasteiger partial charge in [-0.15, -0.1) is 9.08 Å². The van der Waals surface area contributed by atoms with E-state index in [2.05, 4.69) is 22.3 Å². The van der Waals surface area contributed by atoms with Gasteiger partial charge in [-0.05, 0) is 36.2 Å². The Bertz CT molecular complexity index is 1540. The third kappa shape index (κ3) is 4.75. The van der Waals surface area contributed by atoms with E-state index in [9.17, 15) is 22.6 Å². The molecule has 0 aliphatic rings. The van der Waals surface area contributed by atoms with Gasteiger partial charge in [-0.3, -0.25) is 9.35 Å². The van der Waals surface area contributed by atoms with Crippen molar-refractivity contribution in [3.05, 3.63) is 87.7 Å². The summed E-state index contributed by atoms with van der Waals surface area (Å²) >= 11 is 0. The van der Waals surface area contributed by atoms with Crippen molar-refractivity contribution in [3.63, 3.8) is 0 Å². The molecule has 4 aromatic rings. The van der Waals surface area contributed by atoms with Crippen molar-refractivity contribution in [2.24, 2.45) is 0 Å². The Morgan fingerprint density at radius 1 is 1.18 bits per heavy atom. The lowest BCUT2D eigenvalue weighted by Crippen LogP contribution is -2.38. The van der Waals surface area contributed by atoms with Gasteiger partial charge in [0.15, 0.2) is 0 Å². The van der Waals surface area contributed by atoms with Crippen LogP contribution in [0.25, 0.3) is 5.65 Å². The smallest absolute Gasteiger partial charge is 0.322 e. The average Bonchev–Trinajstić information content (AvgIpc) is 3.10. The van der Waals surface area contributed by atoms with Crippen LogP contribution in [0.4, 0.5) is 5.69 Å². The quantitative estimate of drug-likeness (QED) is 0.273. The molecule has 0 radical (unpaired) electrons. The third-order valence-electron chi connectivity index (χ3n) is 5.33. The fraction of sp³-hybridized carbons (Fsp3) is 0.217. The zero-order valence-electron chi connectivity index (χ0n) is 18.6. The first-order valence-corrected chi connectivity index (χ1v) is 12.1. The molecule has 0 aliphatic carbocycles. The first-order chi connectivity index (χ1) is 16.2. The zero-order valence-corrected chi connectivity index (χ0v) is 19.5. The normalized spacial score (nSPS) is 11.6. The number of carbonyl (C=O) groups excluding carboxylic acids is 1. The lowest BCUT2D eigenvalue weighted by atomic mass is 10.1. The first kappa shape index (κ1) is 23.3. The fourth-order valence-electron chi connectivity index (χ4n) is 3.80. The van der Waals surface area contributed by atoms with Crippen molar-refractivity contribution in [2.75, 3.05) is 5.32 Å². The fourth-order valence-corrected chi connectivity index (χ4v) is 4.49. The topological polar surface area (TPSA) is 138 Å². The molecule has 11 heteroatoms. The van der Waals surface area contributed by atoms with Crippen LogP contribution in [0, 0.1) is 6.92 Å². The number of carbonyl (C=O) groups is 1. The highest BCUT2D eigenvalue weighted by Gasteiger charge is 2.21. The Morgan fingerprint density at radius 2 is 1.88 bits per heavy atom. The SMILES string of the molecule is CCCc1cc2n(c(C)n1)c(=O)[nH][n+]2Cc1ccc(NC(=O)c2ccccc2S(=O)(=O)O)cc1. The molecule has 34 heavy (non-hydrogen) atoms. The summed E-state index contributed by atoms with van der Waals surface area (Å²) in [6.45, 7) is 4.25. The molecule has 0 bridgehead atoms. The molecular weight excluding hydrogens is 458 g/mol. The van der Waals surface area contributed by atoms with Crippen molar-refractivity contribution in [1.82, 2.24) is 14.5 Å². The molecule has 0 fully saturated rings. The van der Waals surface area contributed by atoms with Crippen molar-refractivity contribution in [1.29, 1.82) is 0 Å². The van der Waals surface area contributed by atoms with Crippen LogP contribution in [0.3, 0.4) is 0 Å². The maximum Gasteiger partial charge on any atom is 0.450 e. The minimum atomic E-state index is -4.54. The average molecular weight is 483 g/mol. The number of H-pyrrole nitrogens is 1. The summed E-state index contributed by atoms with van der Waals surface area (Å²) < 4.78 is 35.7. The number of amides is 1. The summed E-state index contributed by atoms with van der Waals surface area (Å²) in [5, 5.41) is 5.47. The second-order valence-corrected chi connectivity index (χ2v) is 9.25. The van der Waals surface area contributed by atoms with Gasteiger partial charge >= 0.3 is 11.3 Å². The number of hydrogen-bond acceptors (Lipinski definition) is 5. The molecule has 0 saturated carbocycles. The molecule has 0 spiro atoms. The Labute approximate surface area is 195 Å². The molecule has 0 saturated heterocycles. The van der Waals surface area contributed by atoms with E-state index in [0.29, 0.717) is 23.7 Å². The maximum absolute atomic E-state index is 12.6. The Morgan fingerprint density at radius 3 is 2.56 bits per heavy atom. The van der Waals surface area contributed by atoms with Crippen molar-refractivity contribution in [2.45, 2.75) is 38.1 Å².